The molecule has 0 fully saturated rings. The fourth-order valence-electron chi connectivity index (χ4n) is 0.991. The van der Waals surface area contributed by atoms with E-state index < -0.39 is 14.3 Å². The van der Waals surface area contributed by atoms with E-state index in [0.717, 1.165) is 6.07 Å². The molecule has 0 spiro atoms. The van der Waals surface area contributed by atoms with E-state index in [1.807, 2.05) is 0 Å². The predicted molar refractivity (Wildman–Crippen MR) is 56.2 cm³/mol. The SMILES string of the molecule is COc1cc(C(=O)Cl)ccc1S(=O)(=O)Cl. The molecule has 0 aliphatic heterocycles. The van der Waals surface area contributed by atoms with Gasteiger partial charge in [-0.2, -0.15) is 0 Å². The summed E-state index contributed by atoms with van der Waals surface area (Å²) in [4.78, 5) is 10.6. The molecule has 0 N–H and O–H groups in total. The highest BCUT2D eigenvalue weighted by Crippen LogP contribution is 2.28. The van der Waals surface area contributed by atoms with Gasteiger partial charge in [-0.05, 0) is 29.8 Å². The average Bonchev–Trinajstić information content (AvgIpc) is 2.15. The summed E-state index contributed by atoms with van der Waals surface area (Å²) < 4.78 is 26.9. The van der Waals surface area contributed by atoms with Crippen LogP contribution in [0.3, 0.4) is 0 Å². The fourth-order valence-corrected chi connectivity index (χ4v) is 2.10. The van der Waals surface area contributed by atoms with Gasteiger partial charge >= 0.3 is 0 Å². The average molecular weight is 269 g/mol. The third kappa shape index (κ3) is 2.84. The zero-order valence-corrected chi connectivity index (χ0v) is 9.86. The molecule has 0 unspecified atom stereocenters. The highest BCUT2D eigenvalue weighted by atomic mass is 35.7. The summed E-state index contributed by atoms with van der Waals surface area (Å²) in [5.41, 5.74) is 0.137. The van der Waals surface area contributed by atoms with Crippen molar-refractivity contribution in [3.8, 4) is 5.75 Å². The topological polar surface area (TPSA) is 60.4 Å². The van der Waals surface area contributed by atoms with E-state index in [0.29, 0.717) is 0 Å². The number of methoxy groups -OCH3 is 1. The Hall–Kier alpha value is -0.780. The molecule has 1 aromatic carbocycles. The monoisotopic (exact) mass is 268 g/mol. The Balaban J connectivity index is 3.40. The lowest BCUT2D eigenvalue weighted by atomic mass is 10.2. The highest BCUT2D eigenvalue weighted by Gasteiger charge is 2.17. The minimum absolute atomic E-state index is 0.0171. The van der Waals surface area contributed by atoms with Crippen molar-refractivity contribution in [1.29, 1.82) is 0 Å². The quantitative estimate of drug-likeness (QED) is 0.787. The molecule has 0 heterocycles. The van der Waals surface area contributed by atoms with E-state index in [1.165, 1.54) is 19.2 Å². The summed E-state index contributed by atoms with van der Waals surface area (Å²) in [6.45, 7) is 0. The molecule has 0 atom stereocenters. The number of benzene rings is 1. The summed E-state index contributed by atoms with van der Waals surface area (Å²) in [5.74, 6) is -0.0171. The van der Waals surface area contributed by atoms with E-state index in [1.54, 1.807) is 0 Å². The van der Waals surface area contributed by atoms with Crippen LogP contribution in [-0.2, 0) is 9.05 Å². The Bertz CT molecular complexity index is 495. The molecule has 1 aromatic rings. The van der Waals surface area contributed by atoms with Gasteiger partial charge < -0.3 is 4.74 Å². The maximum atomic E-state index is 11.1. The third-order valence-corrected chi connectivity index (χ3v) is 3.23. The largest absolute Gasteiger partial charge is 0.495 e. The molecule has 0 aliphatic rings. The summed E-state index contributed by atoms with van der Waals surface area (Å²) in [6.07, 6.45) is 0. The predicted octanol–water partition coefficient (Wildman–Crippen LogP) is 2.00. The number of carbonyl (C=O) groups is 1. The van der Waals surface area contributed by atoms with Gasteiger partial charge in [0.1, 0.15) is 10.6 Å². The van der Waals surface area contributed by atoms with Crippen LogP contribution in [0.1, 0.15) is 10.4 Å². The molecular formula is C8H6Cl2O4S. The molecule has 82 valence electrons. The summed E-state index contributed by atoms with van der Waals surface area (Å²) in [6, 6.07) is 3.63. The molecule has 15 heavy (non-hydrogen) atoms. The van der Waals surface area contributed by atoms with Crippen molar-refractivity contribution in [2.45, 2.75) is 4.90 Å². The van der Waals surface area contributed by atoms with Gasteiger partial charge in [0.25, 0.3) is 14.3 Å². The zero-order valence-electron chi connectivity index (χ0n) is 7.53. The van der Waals surface area contributed by atoms with Crippen molar-refractivity contribution in [3.63, 3.8) is 0 Å². The number of hydrogen-bond donors (Lipinski definition) is 0. The Labute approximate surface area is 96.2 Å². The lowest BCUT2D eigenvalue weighted by Gasteiger charge is -2.05. The van der Waals surface area contributed by atoms with Crippen LogP contribution in [0.5, 0.6) is 5.75 Å². The van der Waals surface area contributed by atoms with E-state index in [4.69, 9.17) is 27.0 Å². The van der Waals surface area contributed by atoms with Gasteiger partial charge in [0, 0.05) is 16.2 Å². The molecular weight excluding hydrogens is 263 g/mol. The normalized spacial score (nSPS) is 11.1. The van der Waals surface area contributed by atoms with Crippen LogP contribution in [0.15, 0.2) is 23.1 Å². The molecule has 0 aromatic heterocycles. The van der Waals surface area contributed by atoms with Crippen molar-refractivity contribution in [3.05, 3.63) is 23.8 Å². The summed E-state index contributed by atoms with van der Waals surface area (Å²) in [7, 11) is 2.52. The number of carbonyl (C=O) groups excluding carboxylic acids is 1. The zero-order chi connectivity index (χ0) is 11.6. The first-order valence-corrected chi connectivity index (χ1v) is 6.37. The van der Waals surface area contributed by atoms with Crippen molar-refractivity contribution in [1.82, 2.24) is 0 Å². The van der Waals surface area contributed by atoms with Crippen LogP contribution in [0.2, 0.25) is 0 Å². The molecule has 4 nitrogen and oxygen atoms in total. The molecule has 0 radical (unpaired) electrons. The van der Waals surface area contributed by atoms with Crippen LogP contribution >= 0.6 is 22.3 Å². The summed E-state index contributed by atoms with van der Waals surface area (Å²) >= 11 is 5.22. The smallest absolute Gasteiger partial charge is 0.264 e. The minimum atomic E-state index is -3.90. The van der Waals surface area contributed by atoms with Gasteiger partial charge in [-0.3, -0.25) is 4.79 Å². The van der Waals surface area contributed by atoms with Crippen LogP contribution < -0.4 is 4.74 Å². The Morgan fingerprint density at radius 2 is 2.00 bits per heavy atom. The van der Waals surface area contributed by atoms with E-state index >= 15 is 0 Å². The molecule has 0 saturated heterocycles. The van der Waals surface area contributed by atoms with Gasteiger partial charge in [0.15, 0.2) is 0 Å². The number of halogens is 2. The van der Waals surface area contributed by atoms with Gasteiger partial charge in [-0.25, -0.2) is 8.42 Å². The van der Waals surface area contributed by atoms with Gasteiger partial charge in [-0.1, -0.05) is 0 Å². The van der Waals surface area contributed by atoms with Gasteiger partial charge in [-0.15, -0.1) is 0 Å². The Kier molecular flexibility index (Phi) is 3.59. The first-order chi connectivity index (χ1) is 6.86. The van der Waals surface area contributed by atoms with Crippen molar-refractivity contribution in [2.24, 2.45) is 0 Å². The molecule has 7 heteroatoms. The standard InChI is InChI=1S/C8H6Cl2O4S/c1-14-6-4-5(8(9)11)2-3-7(6)15(10,12)13/h2-4H,1H3. The lowest BCUT2D eigenvalue weighted by Crippen LogP contribution is -1.98. The second-order valence-electron chi connectivity index (χ2n) is 2.58. The van der Waals surface area contributed by atoms with E-state index in [-0.39, 0.29) is 16.2 Å². The third-order valence-electron chi connectivity index (χ3n) is 1.65. The van der Waals surface area contributed by atoms with E-state index in [9.17, 15) is 13.2 Å². The molecule has 0 saturated carbocycles. The Morgan fingerprint density at radius 3 is 2.40 bits per heavy atom. The molecule has 0 amide bonds. The molecule has 0 bridgehead atoms. The van der Waals surface area contributed by atoms with Gasteiger partial charge in [0.05, 0.1) is 7.11 Å². The van der Waals surface area contributed by atoms with Crippen LogP contribution in [-0.4, -0.2) is 20.8 Å². The number of ether oxygens (including phenoxy) is 1. The second-order valence-corrected chi connectivity index (χ2v) is 5.45. The highest BCUT2D eigenvalue weighted by molar-refractivity contribution is 8.13. The van der Waals surface area contributed by atoms with Gasteiger partial charge in [0.2, 0.25) is 0 Å². The maximum absolute atomic E-state index is 11.1. The first kappa shape index (κ1) is 12.3. The van der Waals surface area contributed by atoms with Crippen molar-refractivity contribution >= 4 is 36.6 Å². The lowest BCUT2D eigenvalue weighted by molar-refractivity contribution is 0.108. The first-order valence-electron chi connectivity index (χ1n) is 3.69. The fraction of sp³-hybridized carbons (Fsp3) is 0.125. The van der Waals surface area contributed by atoms with Crippen molar-refractivity contribution < 1.29 is 17.9 Å². The second kappa shape index (κ2) is 4.38. The summed E-state index contributed by atoms with van der Waals surface area (Å²) in [5, 5.41) is -0.702. The number of rotatable bonds is 3. The van der Waals surface area contributed by atoms with E-state index in [2.05, 4.69) is 0 Å². The maximum Gasteiger partial charge on any atom is 0.264 e. The van der Waals surface area contributed by atoms with Crippen LogP contribution in [0.25, 0.3) is 0 Å². The Morgan fingerprint density at radius 1 is 1.40 bits per heavy atom. The van der Waals surface area contributed by atoms with Crippen molar-refractivity contribution in [2.75, 3.05) is 7.11 Å². The van der Waals surface area contributed by atoms with Crippen LogP contribution in [0.4, 0.5) is 0 Å². The minimum Gasteiger partial charge on any atom is -0.495 e. The number of hydrogen-bond acceptors (Lipinski definition) is 4. The molecule has 0 aliphatic carbocycles. The molecule has 1 rings (SSSR count). The van der Waals surface area contributed by atoms with Crippen LogP contribution in [0, 0.1) is 0 Å².